The first-order chi connectivity index (χ1) is 13.9. The van der Waals surface area contributed by atoms with E-state index in [9.17, 15) is 9.59 Å². The smallest absolute Gasteiger partial charge is 0.342 e. The third-order valence-corrected chi connectivity index (χ3v) is 5.38. The Kier molecular flexibility index (Phi) is 6.90. The largest absolute Gasteiger partial charge is 0.488 e. The lowest BCUT2D eigenvalue weighted by molar-refractivity contribution is -0.125. The van der Waals surface area contributed by atoms with Crippen molar-refractivity contribution in [2.75, 3.05) is 6.61 Å². The van der Waals surface area contributed by atoms with Gasteiger partial charge in [0, 0.05) is 6.04 Å². The van der Waals surface area contributed by atoms with Gasteiger partial charge in [-0.2, -0.15) is 0 Å². The molecule has 1 amide bonds. The molecule has 0 radical (unpaired) electrons. The van der Waals surface area contributed by atoms with Crippen LogP contribution in [0.5, 0.6) is 5.75 Å². The number of hydrogen-bond acceptors (Lipinski definition) is 6. The quantitative estimate of drug-likeness (QED) is 0.713. The zero-order valence-electron chi connectivity index (χ0n) is 17.2. The number of benzene rings is 1. The molecule has 2 aromatic rings. The van der Waals surface area contributed by atoms with Gasteiger partial charge in [0.05, 0.1) is 11.3 Å². The number of hydrogen-bond donors (Lipinski definition) is 1. The van der Waals surface area contributed by atoms with Crippen LogP contribution < -0.4 is 10.1 Å². The maximum atomic E-state index is 12.5. The summed E-state index contributed by atoms with van der Waals surface area (Å²) in [6.07, 6.45) is 4.17. The van der Waals surface area contributed by atoms with Crippen molar-refractivity contribution in [3.8, 4) is 5.75 Å². The number of amides is 1. The zero-order valence-corrected chi connectivity index (χ0v) is 17.2. The van der Waals surface area contributed by atoms with Gasteiger partial charge >= 0.3 is 5.97 Å². The first-order valence-corrected chi connectivity index (χ1v) is 10.0. The maximum absolute atomic E-state index is 12.5. The van der Waals surface area contributed by atoms with Crippen LogP contribution in [0.4, 0.5) is 0 Å². The predicted molar refractivity (Wildman–Crippen MR) is 107 cm³/mol. The molecule has 1 fully saturated rings. The Morgan fingerprint density at radius 3 is 2.59 bits per heavy atom. The number of ether oxygens (including phenoxy) is 2. The second-order valence-electron chi connectivity index (χ2n) is 7.69. The molecule has 1 heterocycles. The van der Waals surface area contributed by atoms with Crippen molar-refractivity contribution in [2.24, 2.45) is 5.92 Å². The minimum atomic E-state index is -0.591. The SMILES string of the molecule is Cc1noc(C)c1COc1ccccc1C(=O)OCC(=O)NC1CCC(C)CC1. The van der Waals surface area contributed by atoms with Crippen molar-refractivity contribution < 1.29 is 23.6 Å². The monoisotopic (exact) mass is 400 g/mol. The zero-order chi connectivity index (χ0) is 20.8. The van der Waals surface area contributed by atoms with Crippen LogP contribution in [0.15, 0.2) is 28.8 Å². The molecule has 1 N–H and O–H groups in total. The highest BCUT2D eigenvalue weighted by atomic mass is 16.5. The summed E-state index contributed by atoms with van der Waals surface area (Å²) in [5.74, 6) is 0.914. The fourth-order valence-electron chi connectivity index (χ4n) is 3.50. The Labute approximate surface area is 170 Å². The van der Waals surface area contributed by atoms with E-state index in [1.165, 1.54) is 0 Å². The lowest BCUT2D eigenvalue weighted by Crippen LogP contribution is -2.39. The average Bonchev–Trinajstić information content (AvgIpc) is 3.04. The van der Waals surface area contributed by atoms with Crippen molar-refractivity contribution in [3.05, 3.63) is 46.8 Å². The summed E-state index contributed by atoms with van der Waals surface area (Å²) in [7, 11) is 0. The lowest BCUT2D eigenvalue weighted by Gasteiger charge is -2.26. The van der Waals surface area contributed by atoms with Gasteiger partial charge in [0.1, 0.15) is 23.7 Å². The number of nitrogens with one attached hydrogen (secondary N) is 1. The first kappa shape index (κ1) is 20.9. The van der Waals surface area contributed by atoms with Crippen molar-refractivity contribution >= 4 is 11.9 Å². The van der Waals surface area contributed by atoms with E-state index < -0.39 is 5.97 Å². The van der Waals surface area contributed by atoms with E-state index in [1.807, 2.05) is 13.8 Å². The molecule has 1 saturated carbocycles. The van der Waals surface area contributed by atoms with Crippen molar-refractivity contribution in [2.45, 2.75) is 59.1 Å². The van der Waals surface area contributed by atoms with E-state index in [0.29, 0.717) is 17.4 Å². The van der Waals surface area contributed by atoms with E-state index in [0.717, 1.165) is 36.9 Å². The molecule has 7 nitrogen and oxygen atoms in total. The van der Waals surface area contributed by atoms with Gasteiger partial charge in [0.2, 0.25) is 0 Å². The van der Waals surface area contributed by atoms with E-state index >= 15 is 0 Å². The summed E-state index contributed by atoms with van der Waals surface area (Å²) in [5.41, 5.74) is 1.87. The molecule has 0 aliphatic heterocycles. The Morgan fingerprint density at radius 2 is 1.90 bits per heavy atom. The highest BCUT2D eigenvalue weighted by Crippen LogP contribution is 2.24. The van der Waals surface area contributed by atoms with Gasteiger partial charge in [0.15, 0.2) is 6.61 Å². The minimum absolute atomic E-state index is 0.170. The topological polar surface area (TPSA) is 90.7 Å². The summed E-state index contributed by atoms with van der Waals surface area (Å²) < 4.78 is 16.1. The van der Waals surface area contributed by atoms with Crippen LogP contribution in [0.25, 0.3) is 0 Å². The van der Waals surface area contributed by atoms with Gasteiger partial charge in [-0.3, -0.25) is 4.79 Å². The number of esters is 1. The van der Waals surface area contributed by atoms with Crippen LogP contribution in [0.2, 0.25) is 0 Å². The van der Waals surface area contributed by atoms with Crippen LogP contribution >= 0.6 is 0 Å². The molecule has 0 spiro atoms. The van der Waals surface area contributed by atoms with Crippen LogP contribution in [-0.2, 0) is 16.1 Å². The number of aryl methyl sites for hydroxylation is 2. The maximum Gasteiger partial charge on any atom is 0.342 e. The van der Waals surface area contributed by atoms with Gasteiger partial charge in [-0.15, -0.1) is 0 Å². The Balaban J connectivity index is 1.53. The molecule has 1 aromatic carbocycles. The average molecular weight is 400 g/mol. The van der Waals surface area contributed by atoms with Gasteiger partial charge in [-0.05, 0) is 57.6 Å². The van der Waals surface area contributed by atoms with Crippen molar-refractivity contribution in [1.29, 1.82) is 0 Å². The van der Waals surface area contributed by atoms with Crippen LogP contribution in [0.3, 0.4) is 0 Å². The van der Waals surface area contributed by atoms with E-state index in [1.54, 1.807) is 24.3 Å². The predicted octanol–water partition coefficient (Wildman–Crippen LogP) is 3.72. The number of nitrogens with zero attached hydrogens (tertiary/aromatic N) is 1. The Morgan fingerprint density at radius 1 is 1.17 bits per heavy atom. The molecule has 7 heteroatoms. The minimum Gasteiger partial charge on any atom is -0.488 e. The molecule has 0 atom stereocenters. The van der Waals surface area contributed by atoms with E-state index in [-0.39, 0.29) is 30.7 Å². The fourth-order valence-corrected chi connectivity index (χ4v) is 3.50. The fraction of sp³-hybridized carbons (Fsp3) is 0.500. The van der Waals surface area contributed by atoms with Gasteiger partial charge in [-0.1, -0.05) is 24.2 Å². The second kappa shape index (κ2) is 9.58. The summed E-state index contributed by atoms with van der Waals surface area (Å²) in [6, 6.07) is 6.98. The molecule has 1 aromatic heterocycles. The molecule has 29 heavy (non-hydrogen) atoms. The number of carbonyl (C=O) groups is 2. The molecule has 0 bridgehead atoms. The third-order valence-electron chi connectivity index (χ3n) is 5.38. The molecule has 156 valence electrons. The molecule has 1 aliphatic rings. The standard InChI is InChI=1S/C22H28N2O5/c1-14-8-10-17(11-9-14)23-21(25)13-28-22(26)18-6-4-5-7-20(18)27-12-19-15(2)24-29-16(19)3/h4-7,14,17H,8-13H2,1-3H3,(H,23,25). The van der Waals surface area contributed by atoms with Crippen molar-refractivity contribution in [1.82, 2.24) is 10.5 Å². The van der Waals surface area contributed by atoms with Crippen molar-refractivity contribution in [3.63, 3.8) is 0 Å². The second-order valence-corrected chi connectivity index (χ2v) is 7.69. The van der Waals surface area contributed by atoms with Gasteiger partial charge in [0.25, 0.3) is 5.91 Å². The summed E-state index contributed by atoms with van der Waals surface area (Å²) in [6.45, 7) is 5.80. The highest BCUT2D eigenvalue weighted by Gasteiger charge is 2.21. The van der Waals surface area contributed by atoms with Crippen LogP contribution in [0, 0.1) is 19.8 Å². The van der Waals surface area contributed by atoms with E-state index in [2.05, 4.69) is 17.4 Å². The number of aromatic nitrogens is 1. The molecule has 0 unspecified atom stereocenters. The first-order valence-electron chi connectivity index (χ1n) is 10.0. The van der Waals surface area contributed by atoms with Gasteiger partial charge < -0.3 is 19.3 Å². The molecular formula is C22H28N2O5. The summed E-state index contributed by atoms with van der Waals surface area (Å²) in [4.78, 5) is 24.6. The Bertz CT molecular complexity index is 833. The highest BCUT2D eigenvalue weighted by molar-refractivity contribution is 5.94. The van der Waals surface area contributed by atoms with Gasteiger partial charge in [-0.25, -0.2) is 4.79 Å². The summed E-state index contributed by atoms with van der Waals surface area (Å²) in [5, 5.41) is 6.85. The number of carbonyl (C=O) groups excluding carboxylic acids is 2. The van der Waals surface area contributed by atoms with Crippen LogP contribution in [0.1, 0.15) is 60.0 Å². The molecule has 3 rings (SSSR count). The Hall–Kier alpha value is -2.83. The van der Waals surface area contributed by atoms with E-state index in [4.69, 9.17) is 14.0 Å². The molecule has 1 aliphatic carbocycles. The normalized spacial score (nSPS) is 18.9. The van der Waals surface area contributed by atoms with Crippen LogP contribution in [-0.4, -0.2) is 29.7 Å². The molecular weight excluding hydrogens is 372 g/mol. The number of para-hydroxylation sites is 1. The number of rotatable bonds is 7. The summed E-state index contributed by atoms with van der Waals surface area (Å²) >= 11 is 0. The third kappa shape index (κ3) is 5.59. The molecule has 0 saturated heterocycles. The lowest BCUT2D eigenvalue weighted by atomic mass is 9.87.